The summed E-state index contributed by atoms with van der Waals surface area (Å²) in [5.74, 6) is -7.91. The van der Waals surface area contributed by atoms with Crippen LogP contribution >= 0.6 is 0 Å². The van der Waals surface area contributed by atoms with E-state index in [0.29, 0.717) is 19.0 Å². The molecule has 1 aliphatic heterocycles. The number of rotatable bonds is 9. The van der Waals surface area contributed by atoms with E-state index in [-0.39, 0.29) is 12.0 Å². The molecule has 212 valence electrons. The molecular weight excluding hydrogens is 566 g/mol. The number of fused-ring (bicyclic) bond motifs is 1. The maximum absolute atomic E-state index is 13.4. The molecule has 0 spiro atoms. The van der Waals surface area contributed by atoms with Gasteiger partial charge in [0.05, 0.1) is 11.5 Å². The van der Waals surface area contributed by atoms with Crippen molar-refractivity contribution in [2.45, 2.75) is 55.1 Å². The van der Waals surface area contributed by atoms with Crippen LogP contribution in [-0.2, 0) is 57.6 Å². The first-order chi connectivity index (χ1) is 18.0. The quantitative estimate of drug-likeness (QED) is 0.153. The van der Waals surface area contributed by atoms with Crippen molar-refractivity contribution in [3.8, 4) is 0 Å². The molecule has 7 unspecified atom stereocenters. The first-order valence-electron chi connectivity index (χ1n) is 12.5. The third-order valence-electron chi connectivity index (χ3n) is 7.79. The van der Waals surface area contributed by atoms with Crippen molar-refractivity contribution < 1.29 is 57.8 Å². The number of alkyl halides is 3. The lowest BCUT2D eigenvalue weighted by atomic mass is 9.81. The monoisotopic (exact) mass is 592 g/mol. The molecule has 2 bridgehead atoms. The molecular formula is C21H26B3F3O10S2. The van der Waals surface area contributed by atoms with Gasteiger partial charge in [-0.3, -0.25) is 13.5 Å². The molecule has 4 rings (SSSR count). The number of carbonyl (C=O) groups excluding carboxylic acids is 2. The molecule has 3 aliphatic rings. The van der Waals surface area contributed by atoms with Gasteiger partial charge in [-0.2, -0.15) is 30.0 Å². The van der Waals surface area contributed by atoms with E-state index < -0.39 is 85.4 Å². The second kappa shape index (κ2) is 10.4. The van der Waals surface area contributed by atoms with Crippen molar-refractivity contribution in [2.75, 3.05) is 5.75 Å². The van der Waals surface area contributed by atoms with Gasteiger partial charge in [0.25, 0.3) is 20.2 Å². The molecule has 10 nitrogen and oxygen atoms in total. The molecule has 1 aromatic carbocycles. The van der Waals surface area contributed by atoms with Gasteiger partial charge < -0.3 is 9.47 Å². The summed E-state index contributed by atoms with van der Waals surface area (Å²) in [4.78, 5) is 26.3. The number of hydrogen-bond acceptors (Lipinski definition) is 9. The van der Waals surface area contributed by atoms with Crippen LogP contribution in [0.1, 0.15) is 33.5 Å². The average molecular weight is 592 g/mol. The second-order valence-electron chi connectivity index (χ2n) is 10.0. The lowest BCUT2D eigenvalue weighted by Crippen LogP contribution is -2.48. The van der Waals surface area contributed by atoms with Crippen LogP contribution in [0.4, 0.5) is 13.2 Å². The Balaban J connectivity index is 1.65. The van der Waals surface area contributed by atoms with Gasteiger partial charge >= 0.3 is 18.1 Å². The SMILES string of the molecule is BCc1cc(CB)c(CB)c(C(=O)OC2C3CC4C2OS(=O)(=O)C4C3C(=O)OC(CS(=O)(=O)O)C(F)(F)F)c1. The minimum atomic E-state index is -5.36. The lowest BCUT2D eigenvalue weighted by molar-refractivity contribution is -0.218. The number of halogens is 3. The summed E-state index contributed by atoms with van der Waals surface area (Å²) >= 11 is 0. The van der Waals surface area contributed by atoms with E-state index in [2.05, 4.69) is 4.74 Å². The van der Waals surface area contributed by atoms with Crippen molar-refractivity contribution in [3.05, 3.63) is 34.4 Å². The van der Waals surface area contributed by atoms with E-state index in [1.807, 2.05) is 29.6 Å². The fourth-order valence-corrected chi connectivity index (χ4v) is 8.86. The van der Waals surface area contributed by atoms with Gasteiger partial charge in [-0.15, -0.1) is 0 Å². The predicted molar refractivity (Wildman–Crippen MR) is 137 cm³/mol. The number of ether oxygens (including phenoxy) is 2. The van der Waals surface area contributed by atoms with Crippen molar-refractivity contribution in [3.63, 3.8) is 0 Å². The summed E-state index contributed by atoms with van der Waals surface area (Å²) in [5.41, 5.74) is 2.84. The van der Waals surface area contributed by atoms with Crippen LogP contribution < -0.4 is 0 Å². The highest BCUT2D eigenvalue weighted by atomic mass is 32.2. The van der Waals surface area contributed by atoms with E-state index in [4.69, 9.17) is 13.5 Å². The van der Waals surface area contributed by atoms with E-state index in [9.17, 15) is 39.6 Å². The van der Waals surface area contributed by atoms with Gasteiger partial charge in [-0.25, -0.2) is 4.79 Å². The summed E-state index contributed by atoms with van der Waals surface area (Å²) < 4.78 is 112. The van der Waals surface area contributed by atoms with Crippen molar-refractivity contribution >= 4 is 55.7 Å². The highest BCUT2D eigenvalue weighted by molar-refractivity contribution is 7.87. The van der Waals surface area contributed by atoms with Gasteiger partial charge in [0, 0.05) is 11.8 Å². The summed E-state index contributed by atoms with van der Waals surface area (Å²) in [6.45, 7) is 0. The zero-order valence-corrected chi connectivity index (χ0v) is 22.9. The lowest BCUT2D eigenvalue weighted by Gasteiger charge is -2.31. The molecule has 0 aromatic heterocycles. The van der Waals surface area contributed by atoms with Crippen LogP contribution in [-0.4, -0.2) is 92.4 Å². The first-order valence-corrected chi connectivity index (χ1v) is 15.6. The summed E-state index contributed by atoms with van der Waals surface area (Å²) in [5, 5.41) is -1.53. The van der Waals surface area contributed by atoms with Crippen LogP contribution in [0.2, 0.25) is 0 Å². The number of hydrogen-bond donors (Lipinski definition) is 1. The normalized spacial score (nSPS) is 29.7. The maximum Gasteiger partial charge on any atom is 0.426 e. The topological polar surface area (TPSA) is 150 Å². The first kappa shape index (κ1) is 29.9. The Labute approximate surface area is 226 Å². The Hall–Kier alpha value is -2.04. The fraction of sp³-hybridized carbons (Fsp3) is 0.619. The second-order valence-corrected chi connectivity index (χ2v) is 13.3. The molecule has 1 N–H and O–H groups in total. The molecule has 1 aromatic rings. The zero-order chi connectivity index (χ0) is 29.1. The molecule has 7 atom stereocenters. The van der Waals surface area contributed by atoms with Crippen LogP contribution in [0.15, 0.2) is 12.1 Å². The maximum atomic E-state index is 13.4. The third-order valence-corrected chi connectivity index (χ3v) is 10.3. The van der Waals surface area contributed by atoms with Crippen LogP contribution in [0.5, 0.6) is 0 Å². The van der Waals surface area contributed by atoms with Crippen LogP contribution in [0.3, 0.4) is 0 Å². The number of benzene rings is 1. The Kier molecular flexibility index (Phi) is 8.00. The third kappa shape index (κ3) is 5.61. The standard InChI is InChI=1S/C21H26B3F3O10S2/c22-4-8-1-9(5-23)13(6-24)10(2-8)19(28)36-16-11-3-12-17(16)37-39(33,34)18(12)15(11)20(29)35-14(21(25,26)27)7-38(30,31)32/h1-2,11-12,14-18H,3-7,22-24H2,(H,30,31,32). The highest BCUT2D eigenvalue weighted by Crippen LogP contribution is 2.59. The fourth-order valence-electron chi connectivity index (χ4n) is 6.16. The van der Waals surface area contributed by atoms with Gasteiger partial charge in [-0.1, -0.05) is 36.2 Å². The summed E-state index contributed by atoms with van der Waals surface area (Å²) in [6.07, 6.45) is -9.16. The Morgan fingerprint density at radius 1 is 1.13 bits per heavy atom. The van der Waals surface area contributed by atoms with Gasteiger partial charge in [-0.05, 0) is 18.1 Å². The van der Waals surface area contributed by atoms with E-state index >= 15 is 0 Å². The van der Waals surface area contributed by atoms with Crippen LogP contribution in [0.25, 0.3) is 0 Å². The van der Waals surface area contributed by atoms with Crippen molar-refractivity contribution in [1.29, 1.82) is 0 Å². The summed E-state index contributed by atoms with van der Waals surface area (Å²) in [7, 11) is -3.94. The average Bonchev–Trinajstić information content (AvgIpc) is 3.43. The van der Waals surface area contributed by atoms with Gasteiger partial charge in [0.15, 0.2) is 0 Å². The molecule has 1 heterocycles. The minimum absolute atomic E-state index is 0.0110. The van der Waals surface area contributed by atoms with E-state index in [1.54, 1.807) is 6.07 Å². The van der Waals surface area contributed by atoms with Gasteiger partial charge in [0.2, 0.25) is 6.10 Å². The molecule has 0 radical (unpaired) electrons. The van der Waals surface area contributed by atoms with E-state index in [0.717, 1.165) is 16.7 Å². The minimum Gasteiger partial charge on any atom is -0.456 e. The molecule has 0 amide bonds. The molecule has 2 aliphatic carbocycles. The van der Waals surface area contributed by atoms with E-state index in [1.165, 1.54) is 0 Å². The van der Waals surface area contributed by atoms with Crippen LogP contribution in [0, 0.1) is 17.8 Å². The molecule has 39 heavy (non-hydrogen) atoms. The smallest absolute Gasteiger partial charge is 0.426 e. The zero-order valence-electron chi connectivity index (χ0n) is 21.3. The largest absolute Gasteiger partial charge is 0.456 e. The molecule has 18 heteroatoms. The molecule has 2 saturated carbocycles. The Morgan fingerprint density at radius 3 is 2.33 bits per heavy atom. The van der Waals surface area contributed by atoms with Crippen molar-refractivity contribution in [2.24, 2.45) is 17.8 Å². The Morgan fingerprint density at radius 2 is 1.79 bits per heavy atom. The predicted octanol–water partition coefficient (Wildman–Crippen LogP) is -1.66. The van der Waals surface area contributed by atoms with Crippen molar-refractivity contribution in [1.82, 2.24) is 0 Å². The Bertz CT molecular complexity index is 1390. The molecule has 3 fully saturated rings. The highest BCUT2D eigenvalue weighted by Gasteiger charge is 2.72. The number of carbonyl (C=O) groups is 2. The molecule has 1 saturated heterocycles. The van der Waals surface area contributed by atoms with Gasteiger partial charge in [0.1, 0.15) is 46.7 Å². The number of esters is 2. The summed E-state index contributed by atoms with van der Waals surface area (Å²) in [6, 6.07) is 3.66.